The quantitative estimate of drug-likeness (QED) is 0.613. The van der Waals surface area contributed by atoms with Crippen molar-refractivity contribution in [2.24, 2.45) is 7.05 Å². The molecule has 1 aromatic carbocycles. The predicted octanol–water partition coefficient (Wildman–Crippen LogP) is 2.01. The number of hydrogen-bond acceptors (Lipinski definition) is 6. The maximum Gasteiger partial charge on any atom is 0.338 e. The maximum absolute atomic E-state index is 13.3. The summed E-state index contributed by atoms with van der Waals surface area (Å²) in [6.07, 6.45) is 1.87. The Balaban J connectivity index is 1.82. The van der Waals surface area contributed by atoms with E-state index in [1.54, 1.807) is 6.07 Å². The fraction of sp³-hybridized carbons (Fsp3) is 0.348. The average Bonchev–Trinajstić information content (AvgIpc) is 3.61. The molecule has 0 aliphatic heterocycles. The molecule has 3 aromatic rings. The highest BCUT2D eigenvalue weighted by molar-refractivity contribution is 6.02. The Bertz CT molecular complexity index is 1380. The first kappa shape index (κ1) is 21.5. The summed E-state index contributed by atoms with van der Waals surface area (Å²) in [6.45, 7) is 3.25. The second-order valence-corrected chi connectivity index (χ2v) is 8.16. The molecule has 0 bridgehead atoms. The van der Waals surface area contributed by atoms with Gasteiger partial charge in [0, 0.05) is 24.3 Å². The molecule has 9 nitrogen and oxygen atoms in total. The number of esters is 1. The Labute approximate surface area is 183 Å². The van der Waals surface area contributed by atoms with Crippen LogP contribution in [0.2, 0.25) is 0 Å². The van der Waals surface area contributed by atoms with Crippen LogP contribution in [0.15, 0.2) is 33.9 Å². The Hall–Kier alpha value is -3.75. The lowest BCUT2D eigenvalue weighted by molar-refractivity contribution is -0.116. The van der Waals surface area contributed by atoms with Crippen LogP contribution >= 0.6 is 0 Å². The SMILES string of the molecule is COC(=O)c1cc(C2CC2)nc2c1c(=O)n(CC(=O)Nc1cc(C)ccc1C)c(=O)n2C. The number of pyridine rings is 1. The van der Waals surface area contributed by atoms with Gasteiger partial charge in [0.05, 0.1) is 18.1 Å². The van der Waals surface area contributed by atoms with E-state index in [0.717, 1.165) is 28.5 Å². The van der Waals surface area contributed by atoms with E-state index < -0.39 is 29.7 Å². The van der Waals surface area contributed by atoms with E-state index in [9.17, 15) is 19.2 Å². The number of aromatic nitrogens is 3. The molecule has 9 heteroatoms. The van der Waals surface area contributed by atoms with E-state index in [2.05, 4.69) is 10.3 Å². The first-order chi connectivity index (χ1) is 15.2. The summed E-state index contributed by atoms with van der Waals surface area (Å²) in [5.41, 5.74) is 1.78. The molecule has 1 amide bonds. The number of rotatable bonds is 5. The van der Waals surface area contributed by atoms with Gasteiger partial charge in [-0.15, -0.1) is 0 Å². The maximum atomic E-state index is 13.3. The number of nitrogens with zero attached hydrogens (tertiary/aromatic N) is 3. The van der Waals surface area contributed by atoms with Crippen molar-refractivity contribution >= 4 is 28.6 Å². The van der Waals surface area contributed by atoms with Crippen molar-refractivity contribution in [3.63, 3.8) is 0 Å². The monoisotopic (exact) mass is 436 g/mol. The summed E-state index contributed by atoms with van der Waals surface area (Å²) in [5, 5.41) is 2.71. The molecule has 1 aliphatic carbocycles. The third-order valence-corrected chi connectivity index (χ3v) is 5.68. The summed E-state index contributed by atoms with van der Waals surface area (Å²) in [7, 11) is 2.69. The molecule has 2 aromatic heterocycles. The Kier molecular flexibility index (Phi) is 5.41. The van der Waals surface area contributed by atoms with Crippen molar-refractivity contribution in [3.05, 3.63) is 67.5 Å². The minimum Gasteiger partial charge on any atom is -0.465 e. The van der Waals surface area contributed by atoms with Gasteiger partial charge in [0.1, 0.15) is 12.2 Å². The molecule has 4 rings (SSSR count). The first-order valence-electron chi connectivity index (χ1n) is 10.3. The van der Waals surface area contributed by atoms with Crippen LogP contribution in [0.25, 0.3) is 11.0 Å². The Morgan fingerprint density at radius 2 is 1.91 bits per heavy atom. The third kappa shape index (κ3) is 3.81. The van der Waals surface area contributed by atoms with Crippen LogP contribution in [0.3, 0.4) is 0 Å². The molecule has 0 atom stereocenters. The third-order valence-electron chi connectivity index (χ3n) is 5.68. The topological polar surface area (TPSA) is 112 Å². The van der Waals surface area contributed by atoms with Crippen molar-refractivity contribution in [1.82, 2.24) is 14.1 Å². The van der Waals surface area contributed by atoms with Crippen molar-refractivity contribution < 1.29 is 14.3 Å². The second-order valence-electron chi connectivity index (χ2n) is 8.16. The van der Waals surface area contributed by atoms with Crippen molar-refractivity contribution in [3.8, 4) is 0 Å². The molecular weight excluding hydrogens is 412 g/mol. The fourth-order valence-electron chi connectivity index (χ4n) is 3.70. The van der Waals surface area contributed by atoms with Gasteiger partial charge in [-0.3, -0.25) is 18.7 Å². The average molecular weight is 436 g/mol. The van der Waals surface area contributed by atoms with Gasteiger partial charge >= 0.3 is 11.7 Å². The lowest BCUT2D eigenvalue weighted by atomic mass is 10.1. The normalized spacial score (nSPS) is 13.2. The molecule has 0 radical (unpaired) electrons. The summed E-state index contributed by atoms with van der Waals surface area (Å²) in [6, 6.07) is 7.16. The number of amides is 1. The van der Waals surface area contributed by atoms with E-state index in [0.29, 0.717) is 11.4 Å². The summed E-state index contributed by atoms with van der Waals surface area (Å²) < 4.78 is 6.88. The number of anilines is 1. The van der Waals surface area contributed by atoms with Gasteiger partial charge in [-0.25, -0.2) is 14.6 Å². The highest BCUT2D eigenvalue weighted by atomic mass is 16.5. The zero-order valence-electron chi connectivity index (χ0n) is 18.4. The van der Waals surface area contributed by atoms with Crippen LogP contribution in [0, 0.1) is 13.8 Å². The van der Waals surface area contributed by atoms with Crippen LogP contribution in [0.4, 0.5) is 5.69 Å². The van der Waals surface area contributed by atoms with Gasteiger partial charge in [0.15, 0.2) is 0 Å². The highest BCUT2D eigenvalue weighted by Gasteiger charge is 2.29. The van der Waals surface area contributed by atoms with Gasteiger partial charge < -0.3 is 10.1 Å². The van der Waals surface area contributed by atoms with Gasteiger partial charge in [0.25, 0.3) is 5.56 Å². The number of aryl methyl sites for hydroxylation is 3. The molecule has 1 N–H and O–H groups in total. The van der Waals surface area contributed by atoms with Crippen molar-refractivity contribution in [2.45, 2.75) is 39.2 Å². The second kappa shape index (κ2) is 8.07. The number of carbonyl (C=O) groups excluding carboxylic acids is 2. The molecule has 1 aliphatic rings. The minimum atomic E-state index is -0.755. The van der Waals surface area contributed by atoms with E-state index in [1.165, 1.54) is 18.7 Å². The number of carbonyl (C=O) groups is 2. The number of fused-ring (bicyclic) bond motifs is 1. The van der Waals surface area contributed by atoms with E-state index >= 15 is 0 Å². The van der Waals surface area contributed by atoms with Gasteiger partial charge in [0.2, 0.25) is 5.91 Å². The molecular formula is C23H24N4O5. The largest absolute Gasteiger partial charge is 0.465 e. The van der Waals surface area contributed by atoms with Crippen LogP contribution in [-0.2, 0) is 23.1 Å². The smallest absolute Gasteiger partial charge is 0.338 e. The van der Waals surface area contributed by atoms with Crippen molar-refractivity contribution in [2.75, 3.05) is 12.4 Å². The zero-order chi connectivity index (χ0) is 23.2. The van der Waals surface area contributed by atoms with Crippen molar-refractivity contribution in [1.29, 1.82) is 0 Å². The molecule has 32 heavy (non-hydrogen) atoms. The number of benzene rings is 1. The highest BCUT2D eigenvalue weighted by Crippen LogP contribution is 2.39. The summed E-state index contributed by atoms with van der Waals surface area (Å²) in [4.78, 5) is 55.9. The lowest BCUT2D eigenvalue weighted by Crippen LogP contribution is -2.42. The van der Waals surface area contributed by atoms with Gasteiger partial charge in [-0.2, -0.15) is 0 Å². The standard InChI is InChI=1S/C23H24N4O5/c1-12-5-6-13(2)16(9-12)24-18(28)11-27-21(29)19-15(22(30)32-4)10-17(14-7-8-14)25-20(19)26(3)23(27)31/h5-6,9-10,14H,7-8,11H2,1-4H3,(H,24,28). The molecule has 0 spiro atoms. The van der Waals surface area contributed by atoms with Crippen LogP contribution < -0.4 is 16.6 Å². The minimum absolute atomic E-state index is 0.0390. The van der Waals surface area contributed by atoms with Gasteiger partial charge in [-0.05, 0) is 49.9 Å². The molecule has 0 saturated heterocycles. The summed E-state index contributed by atoms with van der Waals surface area (Å²) >= 11 is 0. The molecule has 1 saturated carbocycles. The molecule has 0 unspecified atom stereocenters. The Morgan fingerprint density at radius 3 is 2.56 bits per heavy atom. The predicted molar refractivity (Wildman–Crippen MR) is 119 cm³/mol. The van der Waals surface area contributed by atoms with Crippen LogP contribution in [0.1, 0.15) is 45.9 Å². The first-order valence-corrected chi connectivity index (χ1v) is 10.3. The number of nitrogens with one attached hydrogen (secondary N) is 1. The lowest BCUT2D eigenvalue weighted by Gasteiger charge is -2.14. The van der Waals surface area contributed by atoms with E-state index in [-0.39, 0.29) is 22.5 Å². The fourth-order valence-corrected chi connectivity index (χ4v) is 3.70. The van der Waals surface area contributed by atoms with E-state index in [1.807, 2.05) is 32.0 Å². The number of hydrogen-bond donors (Lipinski definition) is 1. The van der Waals surface area contributed by atoms with Crippen LogP contribution in [-0.4, -0.2) is 33.1 Å². The van der Waals surface area contributed by atoms with Crippen LogP contribution in [0.5, 0.6) is 0 Å². The molecule has 2 heterocycles. The Morgan fingerprint density at radius 1 is 1.19 bits per heavy atom. The number of methoxy groups -OCH3 is 1. The summed E-state index contributed by atoms with van der Waals surface area (Å²) in [5.74, 6) is -1.02. The zero-order valence-corrected chi connectivity index (χ0v) is 18.4. The number of ether oxygens (including phenoxy) is 1. The molecule has 166 valence electrons. The van der Waals surface area contributed by atoms with Gasteiger partial charge in [-0.1, -0.05) is 12.1 Å². The molecule has 1 fully saturated rings. The van der Waals surface area contributed by atoms with E-state index in [4.69, 9.17) is 4.74 Å².